The molecule has 3 nitrogen and oxygen atoms in total. The number of benzene rings is 1. The number of ether oxygens (including phenoxy) is 1. The predicted octanol–water partition coefficient (Wildman–Crippen LogP) is 8.43. The molecule has 0 aromatic heterocycles. The van der Waals surface area contributed by atoms with Gasteiger partial charge in [-0.3, -0.25) is 4.79 Å². The van der Waals surface area contributed by atoms with Gasteiger partial charge in [0.25, 0.3) is 0 Å². The first-order valence-electron chi connectivity index (χ1n) is 11.3. The van der Waals surface area contributed by atoms with E-state index in [1.807, 2.05) is 12.1 Å². The fourth-order valence-corrected chi connectivity index (χ4v) is 6.22. The van der Waals surface area contributed by atoms with Gasteiger partial charge < -0.3 is 4.74 Å². The van der Waals surface area contributed by atoms with E-state index in [2.05, 4.69) is 47.3 Å². The summed E-state index contributed by atoms with van der Waals surface area (Å²) in [6.07, 6.45) is 6.56. The molecule has 1 atom stereocenters. The molecule has 168 valence electrons. The quantitative estimate of drug-likeness (QED) is 0.179. The fraction of sp³-hybridized carbons (Fsp3) is 0.538. The molecule has 1 aromatic rings. The minimum absolute atomic E-state index is 0.0552. The normalized spacial score (nSPS) is 15.4. The summed E-state index contributed by atoms with van der Waals surface area (Å²) >= 11 is 3.00. The zero-order chi connectivity index (χ0) is 23.0. The predicted molar refractivity (Wildman–Crippen MR) is 132 cm³/mol. The molecule has 1 aliphatic rings. The zero-order valence-corrected chi connectivity index (χ0v) is 21.2. The molecule has 1 unspecified atom stereocenters. The second-order valence-electron chi connectivity index (χ2n) is 8.80. The summed E-state index contributed by atoms with van der Waals surface area (Å²) in [7, 11) is 0. The summed E-state index contributed by atoms with van der Waals surface area (Å²) in [5, 5.41) is 9.69. The molecule has 0 spiro atoms. The lowest BCUT2D eigenvalue weighted by atomic mass is 10.00. The van der Waals surface area contributed by atoms with E-state index in [9.17, 15) is 10.1 Å². The number of rotatable bonds is 12. The Bertz CT molecular complexity index is 880. The molecule has 5 heteroatoms. The first-order chi connectivity index (χ1) is 14.8. The maximum absolute atomic E-state index is 12.7. The highest BCUT2D eigenvalue weighted by atomic mass is 32.2. The van der Waals surface area contributed by atoms with Crippen molar-refractivity contribution in [1.29, 1.82) is 5.26 Å². The van der Waals surface area contributed by atoms with Crippen LogP contribution in [0.5, 0.6) is 5.75 Å². The average molecular weight is 458 g/mol. The average Bonchev–Trinajstić information content (AvgIpc) is 3.15. The third-order valence-electron chi connectivity index (χ3n) is 5.39. The molecule has 1 heterocycles. The first kappa shape index (κ1) is 25.6. The SMILES string of the molecule is C=C(CCC(C)CCC)Oc1ccc(C)c2c1S/C(=C(\C#N)C(=O)CCCC(C)C)S2. The molecule has 0 fully saturated rings. The van der Waals surface area contributed by atoms with E-state index < -0.39 is 0 Å². The summed E-state index contributed by atoms with van der Waals surface area (Å²) in [4.78, 5) is 14.8. The van der Waals surface area contributed by atoms with Crippen molar-refractivity contribution in [1.82, 2.24) is 0 Å². The van der Waals surface area contributed by atoms with Crippen molar-refractivity contribution in [2.24, 2.45) is 11.8 Å². The van der Waals surface area contributed by atoms with Crippen LogP contribution in [0.3, 0.4) is 0 Å². The number of hydrogen-bond acceptors (Lipinski definition) is 5. The van der Waals surface area contributed by atoms with Crippen molar-refractivity contribution in [3.05, 3.63) is 39.8 Å². The number of allylic oxidation sites excluding steroid dienone is 2. The summed E-state index contributed by atoms with van der Waals surface area (Å²) in [6, 6.07) is 6.18. The van der Waals surface area contributed by atoms with E-state index >= 15 is 0 Å². The number of carbonyl (C=O) groups excluding carboxylic acids is 1. The van der Waals surface area contributed by atoms with Gasteiger partial charge in [0.15, 0.2) is 5.78 Å². The Hall–Kier alpha value is -1.64. The molecule has 1 aliphatic heterocycles. The van der Waals surface area contributed by atoms with E-state index in [0.29, 0.717) is 18.3 Å². The molecular formula is C26H35NO2S2. The summed E-state index contributed by atoms with van der Waals surface area (Å²) in [6.45, 7) is 14.9. The van der Waals surface area contributed by atoms with Crippen LogP contribution in [0.4, 0.5) is 0 Å². The molecule has 0 saturated heterocycles. The van der Waals surface area contributed by atoms with Gasteiger partial charge in [-0.2, -0.15) is 5.26 Å². The standard InChI is InChI=1S/C26H35NO2S2/c1-7-9-18(4)12-14-20(6)29-23-15-13-19(5)24-25(23)31-26(30-24)21(16-27)22(28)11-8-10-17(2)3/h13,15,17-18H,6-12,14H2,1-5H3/b26-21+. The third kappa shape index (κ3) is 7.47. The number of Topliss-reactive ketones (excluding diaryl/α,β-unsaturated/α-hetero) is 1. The van der Waals surface area contributed by atoms with E-state index in [0.717, 1.165) is 56.8 Å². The highest BCUT2D eigenvalue weighted by Gasteiger charge is 2.28. The van der Waals surface area contributed by atoms with Crippen molar-refractivity contribution >= 4 is 29.3 Å². The number of nitrogens with zero attached hydrogens (tertiary/aromatic N) is 1. The first-order valence-corrected chi connectivity index (χ1v) is 12.9. The highest BCUT2D eigenvalue weighted by Crippen LogP contribution is 2.57. The second kappa shape index (κ2) is 12.4. The Morgan fingerprint density at radius 3 is 2.48 bits per heavy atom. The minimum Gasteiger partial charge on any atom is -0.461 e. The monoisotopic (exact) mass is 457 g/mol. The Balaban J connectivity index is 2.14. The van der Waals surface area contributed by atoms with Crippen LogP contribution < -0.4 is 4.74 Å². The molecule has 2 rings (SSSR count). The molecular weight excluding hydrogens is 422 g/mol. The Morgan fingerprint density at radius 1 is 1.13 bits per heavy atom. The summed E-state index contributed by atoms with van der Waals surface area (Å²) in [5.41, 5.74) is 1.41. The van der Waals surface area contributed by atoms with Gasteiger partial charge >= 0.3 is 0 Å². The van der Waals surface area contributed by atoms with Gasteiger partial charge in [0.05, 0.1) is 14.9 Å². The van der Waals surface area contributed by atoms with Crippen LogP contribution >= 0.6 is 23.5 Å². The van der Waals surface area contributed by atoms with Gasteiger partial charge in [-0.05, 0) is 43.2 Å². The van der Waals surface area contributed by atoms with Crippen LogP contribution in [0.2, 0.25) is 0 Å². The van der Waals surface area contributed by atoms with Gasteiger partial charge in [0, 0.05) is 17.7 Å². The maximum atomic E-state index is 12.7. The molecule has 31 heavy (non-hydrogen) atoms. The molecule has 0 amide bonds. The van der Waals surface area contributed by atoms with Gasteiger partial charge in [-0.15, -0.1) is 0 Å². The van der Waals surface area contributed by atoms with Crippen molar-refractivity contribution in [3.63, 3.8) is 0 Å². The van der Waals surface area contributed by atoms with Crippen molar-refractivity contribution in [2.75, 3.05) is 0 Å². The van der Waals surface area contributed by atoms with E-state index in [1.165, 1.54) is 36.4 Å². The van der Waals surface area contributed by atoms with Crippen LogP contribution in [0.1, 0.15) is 78.2 Å². The molecule has 0 radical (unpaired) electrons. The number of thioether (sulfide) groups is 2. The van der Waals surface area contributed by atoms with Crippen molar-refractivity contribution in [2.45, 2.75) is 89.4 Å². The van der Waals surface area contributed by atoms with Crippen LogP contribution in [-0.2, 0) is 4.79 Å². The smallest absolute Gasteiger partial charge is 0.175 e. The van der Waals surface area contributed by atoms with E-state index in [1.54, 1.807) is 0 Å². The topological polar surface area (TPSA) is 50.1 Å². The third-order valence-corrected chi connectivity index (χ3v) is 8.14. The van der Waals surface area contributed by atoms with Crippen LogP contribution in [0.15, 0.2) is 44.1 Å². The lowest BCUT2D eigenvalue weighted by Gasteiger charge is -2.14. The highest BCUT2D eigenvalue weighted by molar-refractivity contribution is 8.24. The number of fused-ring (bicyclic) bond motifs is 1. The Kier molecular flexibility index (Phi) is 10.3. The summed E-state index contributed by atoms with van der Waals surface area (Å²) < 4.78 is 6.91. The number of nitriles is 1. The van der Waals surface area contributed by atoms with Gasteiger partial charge in [-0.1, -0.05) is 83.1 Å². The lowest BCUT2D eigenvalue weighted by molar-refractivity contribution is -0.115. The Labute approximate surface area is 196 Å². The molecule has 0 bridgehead atoms. The van der Waals surface area contributed by atoms with Gasteiger partial charge in [0.2, 0.25) is 0 Å². The van der Waals surface area contributed by atoms with E-state index in [-0.39, 0.29) is 11.4 Å². The number of hydrogen-bond donors (Lipinski definition) is 0. The van der Waals surface area contributed by atoms with Crippen LogP contribution in [0, 0.1) is 30.1 Å². The maximum Gasteiger partial charge on any atom is 0.175 e. The largest absolute Gasteiger partial charge is 0.461 e. The van der Waals surface area contributed by atoms with Crippen LogP contribution in [-0.4, -0.2) is 5.78 Å². The second-order valence-corrected chi connectivity index (χ2v) is 11.1. The minimum atomic E-state index is -0.0552. The van der Waals surface area contributed by atoms with E-state index in [4.69, 9.17) is 4.74 Å². The van der Waals surface area contributed by atoms with Crippen LogP contribution in [0.25, 0.3) is 0 Å². The Morgan fingerprint density at radius 2 is 1.84 bits per heavy atom. The molecule has 0 aliphatic carbocycles. The lowest BCUT2D eigenvalue weighted by Crippen LogP contribution is -2.03. The number of ketones is 1. The van der Waals surface area contributed by atoms with Crippen molar-refractivity contribution < 1.29 is 9.53 Å². The number of carbonyl (C=O) groups is 1. The van der Waals surface area contributed by atoms with Crippen molar-refractivity contribution in [3.8, 4) is 11.8 Å². The zero-order valence-electron chi connectivity index (χ0n) is 19.5. The van der Waals surface area contributed by atoms with Gasteiger partial charge in [-0.25, -0.2) is 0 Å². The summed E-state index contributed by atoms with van der Waals surface area (Å²) in [5.74, 6) is 2.70. The van der Waals surface area contributed by atoms with Gasteiger partial charge in [0.1, 0.15) is 17.4 Å². The fourth-order valence-electron chi connectivity index (χ4n) is 3.52. The molecule has 0 saturated carbocycles. The molecule has 1 aromatic carbocycles. The molecule has 0 N–H and O–H groups in total. The number of aryl methyl sites for hydroxylation is 1.